The van der Waals surface area contributed by atoms with Crippen molar-refractivity contribution in [2.45, 2.75) is 38.8 Å². The summed E-state index contributed by atoms with van der Waals surface area (Å²) in [7, 11) is 1.72. The van der Waals surface area contributed by atoms with Crippen LogP contribution in [-0.4, -0.2) is 26.1 Å². The van der Waals surface area contributed by atoms with Crippen LogP contribution in [0.15, 0.2) is 18.2 Å². The van der Waals surface area contributed by atoms with E-state index in [0.29, 0.717) is 6.04 Å². The molecule has 1 saturated carbocycles. The second-order valence-corrected chi connectivity index (χ2v) is 5.06. The van der Waals surface area contributed by atoms with Gasteiger partial charge in [0.2, 0.25) is 0 Å². The van der Waals surface area contributed by atoms with E-state index in [-0.39, 0.29) is 6.54 Å². The highest BCUT2D eigenvalue weighted by Crippen LogP contribution is 2.24. The summed E-state index contributed by atoms with van der Waals surface area (Å²) >= 11 is 0. The van der Waals surface area contributed by atoms with Gasteiger partial charge >= 0.3 is 0 Å². The number of hydrogen-bond donors (Lipinski definition) is 1. The molecular formula is C14H20F2N2. The molecule has 0 unspecified atom stereocenters. The molecule has 1 aromatic carbocycles. The number of nitrogens with one attached hydrogen (secondary N) is 1. The third kappa shape index (κ3) is 3.67. The maximum atomic E-state index is 12.4. The number of halogens is 2. The Kier molecular flexibility index (Phi) is 4.17. The van der Waals surface area contributed by atoms with Crippen LogP contribution in [0.1, 0.15) is 24.0 Å². The molecule has 0 radical (unpaired) electrons. The monoisotopic (exact) mass is 254 g/mol. The minimum absolute atomic E-state index is 0.223. The van der Waals surface area contributed by atoms with E-state index in [1.165, 1.54) is 12.8 Å². The van der Waals surface area contributed by atoms with E-state index < -0.39 is 6.43 Å². The summed E-state index contributed by atoms with van der Waals surface area (Å²) in [4.78, 5) is 1.63. The molecule has 2 nitrogen and oxygen atoms in total. The highest BCUT2D eigenvalue weighted by atomic mass is 19.3. The van der Waals surface area contributed by atoms with Crippen molar-refractivity contribution in [2.24, 2.45) is 0 Å². The molecular weight excluding hydrogens is 234 g/mol. The Bertz CT molecular complexity index is 403. The number of anilines is 1. The predicted molar refractivity (Wildman–Crippen MR) is 70.3 cm³/mol. The Morgan fingerprint density at radius 2 is 2.11 bits per heavy atom. The second kappa shape index (κ2) is 5.65. The standard InChI is InChI=1S/C14H20F2N2/c1-10-3-6-13(18(2)9-14(15)16)11(7-10)8-17-12-4-5-12/h3,6-7,12,14,17H,4-5,8-9H2,1-2H3. The SMILES string of the molecule is Cc1ccc(N(C)CC(F)F)c(CNC2CC2)c1. The maximum Gasteiger partial charge on any atom is 0.255 e. The molecule has 2 rings (SSSR count). The van der Waals surface area contributed by atoms with Crippen LogP contribution in [0.3, 0.4) is 0 Å². The molecule has 4 heteroatoms. The zero-order valence-electron chi connectivity index (χ0n) is 10.9. The minimum Gasteiger partial charge on any atom is -0.369 e. The van der Waals surface area contributed by atoms with Gasteiger partial charge in [-0.2, -0.15) is 0 Å². The Balaban J connectivity index is 2.10. The average molecular weight is 254 g/mol. The first-order chi connectivity index (χ1) is 8.56. The molecule has 0 heterocycles. The third-order valence-corrected chi connectivity index (χ3v) is 3.22. The molecule has 100 valence electrons. The molecule has 0 saturated heterocycles. The highest BCUT2D eigenvalue weighted by molar-refractivity contribution is 5.54. The molecule has 0 amide bonds. The van der Waals surface area contributed by atoms with E-state index in [0.717, 1.165) is 23.4 Å². The number of benzene rings is 1. The van der Waals surface area contributed by atoms with Gasteiger partial charge in [0.05, 0.1) is 6.54 Å². The van der Waals surface area contributed by atoms with E-state index in [4.69, 9.17) is 0 Å². The summed E-state index contributed by atoms with van der Waals surface area (Å²) in [6.45, 7) is 2.56. The van der Waals surface area contributed by atoms with Crippen LogP contribution in [0.2, 0.25) is 0 Å². The summed E-state index contributed by atoms with van der Waals surface area (Å²) in [5.74, 6) is 0. The van der Waals surface area contributed by atoms with Crippen molar-refractivity contribution in [1.82, 2.24) is 5.32 Å². The van der Waals surface area contributed by atoms with Gasteiger partial charge in [-0.15, -0.1) is 0 Å². The molecule has 0 atom stereocenters. The van der Waals surface area contributed by atoms with Gasteiger partial charge < -0.3 is 10.2 Å². The van der Waals surface area contributed by atoms with Gasteiger partial charge in [-0.1, -0.05) is 17.7 Å². The Hall–Kier alpha value is -1.16. The second-order valence-electron chi connectivity index (χ2n) is 5.06. The lowest BCUT2D eigenvalue weighted by molar-refractivity contribution is 0.156. The normalized spacial score (nSPS) is 15.2. The van der Waals surface area contributed by atoms with Gasteiger partial charge in [0, 0.05) is 25.3 Å². The number of nitrogens with zero attached hydrogens (tertiary/aromatic N) is 1. The van der Waals surface area contributed by atoms with Crippen LogP contribution >= 0.6 is 0 Å². The van der Waals surface area contributed by atoms with Crippen molar-refractivity contribution in [3.63, 3.8) is 0 Å². The third-order valence-electron chi connectivity index (χ3n) is 3.22. The van der Waals surface area contributed by atoms with E-state index >= 15 is 0 Å². The fourth-order valence-electron chi connectivity index (χ4n) is 2.08. The topological polar surface area (TPSA) is 15.3 Å². The number of alkyl halides is 2. The predicted octanol–water partition coefficient (Wildman–Crippen LogP) is 2.95. The van der Waals surface area contributed by atoms with Crippen LogP contribution in [0.4, 0.5) is 14.5 Å². The van der Waals surface area contributed by atoms with Crippen molar-refractivity contribution in [3.8, 4) is 0 Å². The zero-order chi connectivity index (χ0) is 13.1. The average Bonchev–Trinajstić information content (AvgIpc) is 3.09. The lowest BCUT2D eigenvalue weighted by Crippen LogP contribution is -2.26. The van der Waals surface area contributed by atoms with E-state index in [9.17, 15) is 8.78 Å². The van der Waals surface area contributed by atoms with Gasteiger partial charge in [-0.05, 0) is 31.4 Å². The first-order valence-corrected chi connectivity index (χ1v) is 6.38. The molecule has 18 heavy (non-hydrogen) atoms. The van der Waals surface area contributed by atoms with Gasteiger partial charge in [0.15, 0.2) is 0 Å². The summed E-state index contributed by atoms with van der Waals surface area (Å²) < 4.78 is 24.9. The largest absolute Gasteiger partial charge is 0.369 e. The lowest BCUT2D eigenvalue weighted by Gasteiger charge is -2.22. The summed E-state index contributed by atoms with van der Waals surface area (Å²) in [5, 5.41) is 3.43. The minimum atomic E-state index is -2.31. The van der Waals surface area contributed by atoms with Crippen molar-refractivity contribution < 1.29 is 8.78 Å². The zero-order valence-corrected chi connectivity index (χ0v) is 10.9. The summed E-state index contributed by atoms with van der Waals surface area (Å²) in [5.41, 5.74) is 3.16. The van der Waals surface area contributed by atoms with Crippen molar-refractivity contribution in [1.29, 1.82) is 0 Å². The molecule has 0 spiro atoms. The molecule has 1 N–H and O–H groups in total. The number of rotatable bonds is 6. The molecule has 1 fully saturated rings. The Morgan fingerprint density at radius 1 is 1.39 bits per heavy atom. The van der Waals surface area contributed by atoms with Gasteiger partial charge in [-0.3, -0.25) is 0 Å². The maximum absolute atomic E-state index is 12.4. The fourth-order valence-corrected chi connectivity index (χ4v) is 2.08. The van der Waals surface area contributed by atoms with Gasteiger partial charge in [-0.25, -0.2) is 8.78 Å². The van der Waals surface area contributed by atoms with Crippen molar-refractivity contribution in [2.75, 3.05) is 18.5 Å². The molecule has 0 bridgehead atoms. The van der Waals surface area contributed by atoms with Crippen LogP contribution in [0.25, 0.3) is 0 Å². The first-order valence-electron chi connectivity index (χ1n) is 6.38. The van der Waals surface area contributed by atoms with Crippen molar-refractivity contribution >= 4 is 5.69 Å². The van der Waals surface area contributed by atoms with Crippen LogP contribution in [-0.2, 0) is 6.54 Å². The first kappa shape index (κ1) is 13.3. The molecule has 1 aromatic rings. The van der Waals surface area contributed by atoms with Crippen LogP contribution < -0.4 is 10.2 Å². The highest BCUT2D eigenvalue weighted by Gasteiger charge is 2.21. The quantitative estimate of drug-likeness (QED) is 0.839. The summed E-state index contributed by atoms with van der Waals surface area (Å²) in [6.07, 6.45) is 0.155. The Morgan fingerprint density at radius 3 is 2.72 bits per heavy atom. The Labute approximate surface area is 107 Å². The molecule has 0 aromatic heterocycles. The van der Waals surface area contributed by atoms with Gasteiger partial charge in [0.25, 0.3) is 6.43 Å². The van der Waals surface area contributed by atoms with E-state index in [1.54, 1.807) is 11.9 Å². The fraction of sp³-hybridized carbons (Fsp3) is 0.571. The molecule has 1 aliphatic carbocycles. The number of aryl methyl sites for hydroxylation is 1. The van der Waals surface area contributed by atoms with E-state index in [2.05, 4.69) is 11.4 Å². The molecule has 1 aliphatic rings. The summed E-state index contributed by atoms with van der Waals surface area (Å²) in [6, 6.07) is 6.60. The van der Waals surface area contributed by atoms with Crippen molar-refractivity contribution in [3.05, 3.63) is 29.3 Å². The molecule has 0 aliphatic heterocycles. The lowest BCUT2D eigenvalue weighted by atomic mass is 10.1. The van der Waals surface area contributed by atoms with Gasteiger partial charge in [0.1, 0.15) is 0 Å². The smallest absolute Gasteiger partial charge is 0.255 e. The van der Waals surface area contributed by atoms with E-state index in [1.807, 2.05) is 19.1 Å². The van der Waals surface area contributed by atoms with Crippen LogP contribution in [0, 0.1) is 6.92 Å². The van der Waals surface area contributed by atoms with Crippen LogP contribution in [0.5, 0.6) is 0 Å². The number of hydrogen-bond acceptors (Lipinski definition) is 2.